The molecule has 1 aromatic heterocycles. The number of nitrogens with zero attached hydrogens (tertiary/aromatic N) is 1. The van der Waals surface area contributed by atoms with Gasteiger partial charge in [0.15, 0.2) is 0 Å². The zero-order valence-corrected chi connectivity index (χ0v) is 14.3. The molecule has 1 N–H and O–H groups in total. The van der Waals surface area contributed by atoms with Crippen LogP contribution < -0.4 is 14.8 Å². The maximum Gasteiger partial charge on any atom is 0.294 e. The second kappa shape index (κ2) is 7.27. The van der Waals surface area contributed by atoms with Gasteiger partial charge in [-0.15, -0.1) is 0 Å². The van der Waals surface area contributed by atoms with Gasteiger partial charge in [-0.3, -0.25) is 4.79 Å². The predicted octanol–water partition coefficient (Wildman–Crippen LogP) is 4.26. The number of carbonyl (C=O) groups excluding carboxylic acids is 1. The molecule has 3 aromatic rings. The molecule has 0 radical (unpaired) electrons. The highest BCUT2D eigenvalue weighted by atomic mass is 35.5. The summed E-state index contributed by atoms with van der Waals surface area (Å²) in [7, 11) is 2.98. The Hall–Kier alpha value is -2.99. The van der Waals surface area contributed by atoms with E-state index in [0.29, 0.717) is 27.9 Å². The first-order valence-corrected chi connectivity index (χ1v) is 7.75. The summed E-state index contributed by atoms with van der Waals surface area (Å²) in [6, 6.07) is 14.1. The van der Waals surface area contributed by atoms with Crippen LogP contribution in [0.25, 0.3) is 11.3 Å². The third-order valence-electron chi connectivity index (χ3n) is 3.53. The van der Waals surface area contributed by atoms with Crippen molar-refractivity contribution in [3.05, 3.63) is 59.3 Å². The number of amides is 1. The molecule has 0 spiro atoms. The number of aromatic nitrogens is 1. The van der Waals surface area contributed by atoms with Gasteiger partial charge in [0.05, 0.1) is 24.9 Å². The molecule has 0 bridgehead atoms. The highest BCUT2D eigenvalue weighted by Crippen LogP contribution is 2.36. The van der Waals surface area contributed by atoms with Crippen molar-refractivity contribution in [3.63, 3.8) is 0 Å². The molecule has 0 saturated carbocycles. The average molecular weight is 359 g/mol. The van der Waals surface area contributed by atoms with Crippen LogP contribution in [0.5, 0.6) is 11.5 Å². The zero-order valence-electron chi connectivity index (χ0n) is 13.6. The fourth-order valence-electron chi connectivity index (χ4n) is 2.27. The molecule has 3 rings (SSSR count). The van der Waals surface area contributed by atoms with E-state index in [1.165, 1.54) is 14.2 Å². The van der Waals surface area contributed by atoms with E-state index in [9.17, 15) is 4.79 Å². The third kappa shape index (κ3) is 3.59. The summed E-state index contributed by atoms with van der Waals surface area (Å²) in [4.78, 5) is 12.4. The van der Waals surface area contributed by atoms with E-state index >= 15 is 0 Å². The molecule has 25 heavy (non-hydrogen) atoms. The summed E-state index contributed by atoms with van der Waals surface area (Å²) < 4.78 is 15.5. The molecule has 128 valence electrons. The topological polar surface area (TPSA) is 73.6 Å². The van der Waals surface area contributed by atoms with Crippen molar-refractivity contribution in [2.45, 2.75) is 0 Å². The molecule has 0 aliphatic carbocycles. The van der Waals surface area contributed by atoms with Crippen LogP contribution in [-0.2, 0) is 0 Å². The van der Waals surface area contributed by atoms with Gasteiger partial charge in [0, 0.05) is 17.7 Å². The number of hydrogen-bond donors (Lipinski definition) is 1. The van der Waals surface area contributed by atoms with Crippen molar-refractivity contribution in [1.29, 1.82) is 0 Å². The summed E-state index contributed by atoms with van der Waals surface area (Å²) in [6.45, 7) is 0. The first kappa shape index (κ1) is 16.9. The van der Waals surface area contributed by atoms with Gasteiger partial charge in [-0.1, -0.05) is 47.1 Å². The van der Waals surface area contributed by atoms with E-state index in [-0.39, 0.29) is 5.76 Å². The summed E-state index contributed by atoms with van der Waals surface area (Å²) >= 11 is 6.10. The van der Waals surface area contributed by atoms with Gasteiger partial charge in [-0.05, 0) is 6.07 Å². The van der Waals surface area contributed by atoms with E-state index in [4.69, 9.17) is 25.6 Å². The molecule has 0 saturated heterocycles. The average Bonchev–Trinajstić information content (AvgIpc) is 3.13. The van der Waals surface area contributed by atoms with Gasteiger partial charge in [-0.2, -0.15) is 0 Å². The largest absolute Gasteiger partial charge is 0.495 e. The molecule has 0 fully saturated rings. The number of hydrogen-bond acceptors (Lipinski definition) is 5. The first-order valence-electron chi connectivity index (χ1n) is 7.37. The van der Waals surface area contributed by atoms with E-state index in [2.05, 4.69) is 10.5 Å². The minimum Gasteiger partial charge on any atom is -0.495 e. The maximum absolute atomic E-state index is 12.4. The fraction of sp³-hybridized carbons (Fsp3) is 0.111. The number of benzene rings is 2. The maximum atomic E-state index is 12.4. The summed E-state index contributed by atoms with van der Waals surface area (Å²) in [5.41, 5.74) is 1.83. The molecular weight excluding hydrogens is 344 g/mol. The van der Waals surface area contributed by atoms with Crippen LogP contribution in [0.4, 0.5) is 5.69 Å². The van der Waals surface area contributed by atoms with Crippen LogP contribution in [-0.4, -0.2) is 25.3 Å². The van der Waals surface area contributed by atoms with E-state index in [1.54, 1.807) is 18.2 Å². The van der Waals surface area contributed by atoms with Crippen LogP contribution in [0, 0.1) is 0 Å². The highest BCUT2D eigenvalue weighted by Gasteiger charge is 2.17. The van der Waals surface area contributed by atoms with Gasteiger partial charge in [0.2, 0.25) is 5.76 Å². The smallest absolute Gasteiger partial charge is 0.294 e. The zero-order chi connectivity index (χ0) is 17.8. The molecule has 6 nitrogen and oxygen atoms in total. The first-order chi connectivity index (χ1) is 12.1. The fourth-order valence-corrected chi connectivity index (χ4v) is 2.51. The summed E-state index contributed by atoms with van der Waals surface area (Å²) in [5.74, 6) is 0.474. The Bertz CT molecular complexity index is 893. The Morgan fingerprint density at radius 3 is 2.48 bits per heavy atom. The van der Waals surface area contributed by atoms with Crippen molar-refractivity contribution in [1.82, 2.24) is 5.16 Å². The number of halogens is 1. The predicted molar refractivity (Wildman–Crippen MR) is 94.4 cm³/mol. The van der Waals surface area contributed by atoms with E-state index < -0.39 is 5.91 Å². The van der Waals surface area contributed by atoms with Gasteiger partial charge in [-0.25, -0.2) is 0 Å². The number of carbonyl (C=O) groups is 1. The Balaban J connectivity index is 1.84. The highest BCUT2D eigenvalue weighted by molar-refractivity contribution is 6.32. The van der Waals surface area contributed by atoms with Crippen LogP contribution in [0.2, 0.25) is 5.02 Å². The number of methoxy groups -OCH3 is 2. The molecule has 0 atom stereocenters. The lowest BCUT2D eigenvalue weighted by Gasteiger charge is -2.12. The van der Waals surface area contributed by atoms with Crippen LogP contribution in [0.15, 0.2) is 53.1 Å². The molecule has 1 heterocycles. The minimum absolute atomic E-state index is 0.0767. The number of rotatable bonds is 5. The second-order valence-electron chi connectivity index (χ2n) is 5.08. The van der Waals surface area contributed by atoms with Crippen molar-refractivity contribution in [2.75, 3.05) is 19.5 Å². The lowest BCUT2D eigenvalue weighted by atomic mass is 10.1. The lowest BCUT2D eigenvalue weighted by molar-refractivity contribution is 0.0987. The standard InChI is InChI=1S/C18H15ClN2O4/c1-23-15-10-16(24-2)14(8-12(15)19)20-18(22)17-9-13(21-25-17)11-6-4-3-5-7-11/h3-10H,1-2H3,(H,20,22). The van der Waals surface area contributed by atoms with Crippen LogP contribution >= 0.6 is 11.6 Å². The van der Waals surface area contributed by atoms with E-state index in [0.717, 1.165) is 5.56 Å². The van der Waals surface area contributed by atoms with Gasteiger partial charge >= 0.3 is 0 Å². The van der Waals surface area contributed by atoms with E-state index in [1.807, 2.05) is 30.3 Å². The number of anilines is 1. The Morgan fingerprint density at radius 2 is 1.80 bits per heavy atom. The monoisotopic (exact) mass is 358 g/mol. The molecule has 1 amide bonds. The van der Waals surface area contributed by atoms with Gasteiger partial charge in [0.1, 0.15) is 17.2 Å². The molecule has 7 heteroatoms. The summed E-state index contributed by atoms with van der Waals surface area (Å²) in [5, 5.41) is 6.97. The number of nitrogens with one attached hydrogen (secondary N) is 1. The lowest BCUT2D eigenvalue weighted by Crippen LogP contribution is -2.12. The molecule has 0 aliphatic heterocycles. The normalized spacial score (nSPS) is 10.4. The molecular formula is C18H15ClN2O4. The Labute approximate surface area is 149 Å². The second-order valence-corrected chi connectivity index (χ2v) is 5.49. The SMILES string of the molecule is COc1cc(OC)c(NC(=O)c2cc(-c3ccccc3)no2)cc1Cl. The third-order valence-corrected chi connectivity index (χ3v) is 3.82. The Kier molecular flexibility index (Phi) is 4.90. The quantitative estimate of drug-likeness (QED) is 0.737. The number of ether oxygens (including phenoxy) is 2. The minimum atomic E-state index is -0.464. The van der Waals surface area contributed by atoms with Gasteiger partial charge < -0.3 is 19.3 Å². The summed E-state index contributed by atoms with van der Waals surface area (Å²) in [6.07, 6.45) is 0. The molecule has 2 aromatic carbocycles. The van der Waals surface area contributed by atoms with Crippen LogP contribution in [0.1, 0.15) is 10.6 Å². The Morgan fingerprint density at radius 1 is 1.08 bits per heavy atom. The van der Waals surface area contributed by atoms with Crippen molar-refractivity contribution >= 4 is 23.2 Å². The van der Waals surface area contributed by atoms with Crippen molar-refractivity contribution < 1.29 is 18.8 Å². The van der Waals surface area contributed by atoms with Crippen molar-refractivity contribution in [3.8, 4) is 22.8 Å². The van der Waals surface area contributed by atoms with Crippen LogP contribution in [0.3, 0.4) is 0 Å². The molecule has 0 aliphatic rings. The van der Waals surface area contributed by atoms with Gasteiger partial charge in [0.25, 0.3) is 5.91 Å². The van der Waals surface area contributed by atoms with Crippen molar-refractivity contribution in [2.24, 2.45) is 0 Å². The molecule has 0 unspecified atom stereocenters.